The summed E-state index contributed by atoms with van der Waals surface area (Å²) < 4.78 is 0. The summed E-state index contributed by atoms with van der Waals surface area (Å²) in [5, 5.41) is 2.83. The SMILES string of the molecule is CCCCCCN(CCCCCC)CC(=O)NC1CCC(=O)N(CC(=O)c2ccccc2)C1=O. The number of rotatable bonds is 16. The third kappa shape index (κ3) is 9.37. The zero-order valence-corrected chi connectivity index (χ0v) is 20.9. The third-order valence-corrected chi connectivity index (χ3v) is 6.27. The Morgan fingerprint density at radius 2 is 1.56 bits per heavy atom. The number of Topliss-reactive ketones (excluding diaryl/α,β-unsaturated/α-hetero) is 1. The van der Waals surface area contributed by atoms with Crippen molar-refractivity contribution in [3.8, 4) is 0 Å². The fourth-order valence-electron chi connectivity index (χ4n) is 4.23. The summed E-state index contributed by atoms with van der Waals surface area (Å²) in [7, 11) is 0. The van der Waals surface area contributed by atoms with Crippen LogP contribution in [0.3, 0.4) is 0 Å². The third-order valence-electron chi connectivity index (χ3n) is 6.27. The predicted molar refractivity (Wildman–Crippen MR) is 133 cm³/mol. The molecule has 1 aromatic rings. The minimum Gasteiger partial charge on any atom is -0.343 e. The second-order valence-electron chi connectivity index (χ2n) is 9.16. The highest BCUT2D eigenvalue weighted by molar-refractivity contribution is 6.07. The first kappa shape index (κ1) is 27.7. The van der Waals surface area contributed by atoms with Gasteiger partial charge in [0, 0.05) is 12.0 Å². The average molecular weight is 472 g/mol. The Bertz CT molecular complexity index is 784. The monoisotopic (exact) mass is 471 g/mol. The van der Waals surface area contributed by atoms with Crippen LogP contribution in [0, 0.1) is 0 Å². The highest BCUT2D eigenvalue weighted by atomic mass is 16.2. The maximum absolute atomic E-state index is 12.9. The van der Waals surface area contributed by atoms with Gasteiger partial charge in [0.05, 0.1) is 13.1 Å². The van der Waals surface area contributed by atoms with Crippen molar-refractivity contribution in [2.45, 2.75) is 84.1 Å². The maximum atomic E-state index is 12.9. The van der Waals surface area contributed by atoms with E-state index in [1.165, 1.54) is 25.7 Å². The first-order chi connectivity index (χ1) is 16.5. The minimum atomic E-state index is -0.768. The number of piperidine rings is 1. The van der Waals surface area contributed by atoms with Gasteiger partial charge in [-0.15, -0.1) is 0 Å². The van der Waals surface area contributed by atoms with Gasteiger partial charge in [0.1, 0.15) is 6.04 Å². The van der Waals surface area contributed by atoms with Crippen molar-refractivity contribution in [3.63, 3.8) is 0 Å². The number of ketones is 1. The molecule has 3 amide bonds. The molecule has 34 heavy (non-hydrogen) atoms. The lowest BCUT2D eigenvalue weighted by Crippen LogP contribution is -2.56. The van der Waals surface area contributed by atoms with Gasteiger partial charge in [-0.2, -0.15) is 0 Å². The van der Waals surface area contributed by atoms with Crippen molar-refractivity contribution in [1.29, 1.82) is 0 Å². The number of amides is 3. The van der Waals surface area contributed by atoms with E-state index >= 15 is 0 Å². The van der Waals surface area contributed by atoms with E-state index in [2.05, 4.69) is 24.1 Å². The Labute approximate surface area is 204 Å². The van der Waals surface area contributed by atoms with E-state index < -0.39 is 11.9 Å². The summed E-state index contributed by atoms with van der Waals surface area (Å²) in [5.74, 6) is -1.35. The van der Waals surface area contributed by atoms with Gasteiger partial charge in [-0.05, 0) is 32.4 Å². The molecule has 1 aromatic carbocycles. The van der Waals surface area contributed by atoms with Gasteiger partial charge in [-0.1, -0.05) is 82.7 Å². The molecule has 7 nitrogen and oxygen atoms in total. The fourth-order valence-corrected chi connectivity index (χ4v) is 4.23. The van der Waals surface area contributed by atoms with Gasteiger partial charge < -0.3 is 5.32 Å². The molecular formula is C27H41N3O4. The lowest BCUT2D eigenvalue weighted by atomic mass is 10.0. The number of unbranched alkanes of at least 4 members (excludes halogenated alkanes) is 6. The number of likely N-dealkylation sites (tertiary alicyclic amines) is 1. The second kappa shape index (κ2) is 15.4. The van der Waals surface area contributed by atoms with Crippen LogP contribution in [-0.2, 0) is 14.4 Å². The van der Waals surface area contributed by atoms with Crippen LogP contribution in [0.4, 0.5) is 0 Å². The molecule has 1 saturated heterocycles. The first-order valence-electron chi connectivity index (χ1n) is 12.9. The van der Waals surface area contributed by atoms with Crippen molar-refractivity contribution < 1.29 is 19.2 Å². The minimum absolute atomic E-state index is 0.135. The molecule has 1 N–H and O–H groups in total. The topological polar surface area (TPSA) is 86.8 Å². The van der Waals surface area contributed by atoms with Crippen LogP contribution in [0.25, 0.3) is 0 Å². The van der Waals surface area contributed by atoms with Gasteiger partial charge in [0.2, 0.25) is 11.8 Å². The van der Waals surface area contributed by atoms with Crippen molar-refractivity contribution in [2.75, 3.05) is 26.2 Å². The van der Waals surface area contributed by atoms with Crippen LogP contribution in [0.1, 0.15) is 88.4 Å². The molecule has 0 saturated carbocycles. The Hall–Kier alpha value is -2.54. The van der Waals surface area contributed by atoms with Crippen LogP contribution >= 0.6 is 0 Å². The molecule has 1 unspecified atom stereocenters. The average Bonchev–Trinajstić information content (AvgIpc) is 2.84. The van der Waals surface area contributed by atoms with E-state index in [9.17, 15) is 19.2 Å². The number of carbonyl (C=O) groups is 4. The summed E-state index contributed by atoms with van der Waals surface area (Å²) in [6, 6.07) is 7.84. The number of imide groups is 1. The lowest BCUT2D eigenvalue weighted by molar-refractivity contribution is -0.150. The van der Waals surface area contributed by atoms with E-state index in [4.69, 9.17) is 0 Å². The molecule has 0 aromatic heterocycles. The molecule has 1 aliphatic heterocycles. The smallest absolute Gasteiger partial charge is 0.252 e. The molecule has 7 heteroatoms. The maximum Gasteiger partial charge on any atom is 0.252 e. The molecule has 1 aliphatic rings. The van der Waals surface area contributed by atoms with Gasteiger partial charge in [-0.25, -0.2) is 0 Å². The molecular weight excluding hydrogens is 430 g/mol. The lowest BCUT2D eigenvalue weighted by Gasteiger charge is -2.31. The largest absolute Gasteiger partial charge is 0.343 e. The predicted octanol–water partition coefficient (Wildman–Crippen LogP) is 3.97. The summed E-state index contributed by atoms with van der Waals surface area (Å²) in [5.41, 5.74) is 0.455. The quantitative estimate of drug-likeness (QED) is 0.224. The van der Waals surface area contributed by atoms with Gasteiger partial charge >= 0.3 is 0 Å². The normalized spacial score (nSPS) is 16.2. The van der Waals surface area contributed by atoms with E-state index in [0.29, 0.717) is 5.56 Å². The van der Waals surface area contributed by atoms with Crippen molar-refractivity contribution in [2.24, 2.45) is 0 Å². The standard InChI is InChI=1S/C27H41N3O4/c1-3-5-7-12-18-29(19-13-8-6-4-2)21-25(32)28-23-16-17-26(33)30(27(23)34)20-24(31)22-14-10-9-11-15-22/h9-11,14-15,23H,3-8,12-13,16-21H2,1-2H3,(H,28,32). The molecule has 1 fully saturated rings. The van der Waals surface area contributed by atoms with Crippen LogP contribution in [-0.4, -0.2) is 65.5 Å². The summed E-state index contributed by atoms with van der Waals surface area (Å²) in [6.45, 7) is 6.05. The number of hydrogen-bond donors (Lipinski definition) is 1. The number of carbonyl (C=O) groups excluding carboxylic acids is 4. The Morgan fingerprint density at radius 1 is 0.941 bits per heavy atom. The molecule has 1 atom stereocenters. The molecule has 188 valence electrons. The van der Waals surface area contributed by atoms with E-state index in [-0.39, 0.29) is 43.5 Å². The Balaban J connectivity index is 1.91. The van der Waals surface area contributed by atoms with E-state index in [0.717, 1.165) is 43.7 Å². The number of nitrogens with one attached hydrogen (secondary N) is 1. The van der Waals surface area contributed by atoms with Crippen molar-refractivity contribution >= 4 is 23.5 Å². The summed E-state index contributed by atoms with van der Waals surface area (Å²) in [6.07, 6.45) is 9.54. The number of benzene rings is 1. The molecule has 1 heterocycles. The van der Waals surface area contributed by atoms with Crippen LogP contribution in [0.5, 0.6) is 0 Å². The van der Waals surface area contributed by atoms with Crippen LogP contribution < -0.4 is 5.32 Å². The molecule has 0 bridgehead atoms. The summed E-state index contributed by atoms with van der Waals surface area (Å²) >= 11 is 0. The van der Waals surface area contributed by atoms with Crippen LogP contribution in [0.15, 0.2) is 30.3 Å². The fraction of sp³-hybridized carbons (Fsp3) is 0.630. The zero-order chi connectivity index (χ0) is 24.8. The molecule has 0 radical (unpaired) electrons. The Morgan fingerprint density at radius 3 is 2.15 bits per heavy atom. The van der Waals surface area contributed by atoms with E-state index in [1.807, 2.05) is 0 Å². The van der Waals surface area contributed by atoms with Crippen molar-refractivity contribution in [3.05, 3.63) is 35.9 Å². The first-order valence-corrected chi connectivity index (χ1v) is 12.9. The number of hydrogen-bond acceptors (Lipinski definition) is 5. The van der Waals surface area contributed by atoms with Gasteiger partial charge in [0.25, 0.3) is 5.91 Å². The zero-order valence-electron chi connectivity index (χ0n) is 20.9. The van der Waals surface area contributed by atoms with Crippen LogP contribution in [0.2, 0.25) is 0 Å². The molecule has 0 spiro atoms. The van der Waals surface area contributed by atoms with E-state index in [1.54, 1.807) is 30.3 Å². The molecule has 2 rings (SSSR count). The number of nitrogens with zero attached hydrogens (tertiary/aromatic N) is 2. The Kier molecular flexibility index (Phi) is 12.5. The van der Waals surface area contributed by atoms with Gasteiger partial charge in [-0.3, -0.25) is 29.0 Å². The van der Waals surface area contributed by atoms with Gasteiger partial charge in [0.15, 0.2) is 5.78 Å². The highest BCUT2D eigenvalue weighted by Crippen LogP contribution is 2.15. The summed E-state index contributed by atoms with van der Waals surface area (Å²) in [4.78, 5) is 53.8. The second-order valence-corrected chi connectivity index (χ2v) is 9.16. The highest BCUT2D eigenvalue weighted by Gasteiger charge is 2.36. The van der Waals surface area contributed by atoms with Crippen molar-refractivity contribution in [1.82, 2.24) is 15.1 Å². The molecule has 0 aliphatic carbocycles.